The average molecular weight is 102 g/mol. The van der Waals surface area contributed by atoms with E-state index in [2.05, 4.69) is 0 Å². The zero-order valence-electron chi connectivity index (χ0n) is 1.38. The summed E-state index contributed by atoms with van der Waals surface area (Å²) in [7, 11) is 4.78. The van der Waals surface area contributed by atoms with Crippen LogP contribution in [0.15, 0.2) is 0 Å². The molecule has 0 radical (unpaired) electrons. The zero-order valence-corrected chi connectivity index (χ0v) is 4.13. The van der Waals surface area contributed by atoms with Crippen molar-refractivity contribution in [2.75, 3.05) is 0 Å². The summed E-state index contributed by atoms with van der Waals surface area (Å²) in [6.07, 6.45) is 0. The van der Waals surface area contributed by atoms with E-state index in [0.717, 1.165) is 15.4 Å². The molecule has 0 amide bonds. The molecule has 0 spiro atoms. The molecule has 0 saturated heterocycles. The van der Waals surface area contributed by atoms with E-state index >= 15 is 0 Å². The number of hydrogen-bond acceptors (Lipinski definition) is 0. The monoisotopic (exact) mass is 102 g/mol. The molecular formula is H6Al2ClLi. The van der Waals surface area contributed by atoms with Gasteiger partial charge in [0.1, 0.15) is 0 Å². The fraction of sp³-hybridized carbons (Fsp3) is 0. The van der Waals surface area contributed by atoms with Gasteiger partial charge in [0.15, 0.2) is 17.4 Å². The quantitative estimate of drug-likeness (QED) is 0.309. The van der Waals surface area contributed by atoms with Crippen molar-refractivity contribution < 1.29 is 0 Å². The van der Waals surface area contributed by atoms with Crippen molar-refractivity contribution in [2.24, 2.45) is 0 Å². The van der Waals surface area contributed by atoms with Gasteiger partial charge in [0.2, 0.25) is 0 Å². The molecule has 0 nitrogen and oxygen atoms in total. The molecule has 0 bridgehead atoms. The Morgan fingerprint density at radius 1 is 1.25 bits per heavy atom. The van der Waals surface area contributed by atoms with E-state index < -0.39 is 0 Å². The van der Waals surface area contributed by atoms with Crippen LogP contribution in [0, 0.1) is 0 Å². The molecule has 0 fully saturated rings. The van der Waals surface area contributed by atoms with Crippen LogP contribution in [0.2, 0.25) is 0 Å². The Morgan fingerprint density at radius 2 is 1.25 bits per heavy atom. The van der Waals surface area contributed by atoms with Gasteiger partial charge in [0.25, 0.3) is 0 Å². The molecule has 0 atom stereocenters. The Kier molecular flexibility index (Phi) is 85.0. The van der Waals surface area contributed by atoms with Crippen molar-refractivity contribution in [1.29, 1.82) is 0 Å². The molecule has 0 rings (SSSR count). The van der Waals surface area contributed by atoms with E-state index in [-0.39, 0.29) is 36.2 Å². The molecule has 0 unspecified atom stereocenters. The summed E-state index contributed by atoms with van der Waals surface area (Å²) in [4.78, 5) is 0. The Balaban J connectivity index is -0.00000000500. The first-order chi connectivity index (χ1) is 1.00. The van der Waals surface area contributed by atoms with E-state index in [1.165, 1.54) is 0 Å². The molecule has 0 aliphatic carbocycles. The Labute approximate surface area is 61.2 Å². The van der Waals surface area contributed by atoms with E-state index in [0.29, 0.717) is 0 Å². The first-order valence-electron chi connectivity index (χ1n) is 0.378. The van der Waals surface area contributed by atoms with Crippen LogP contribution in [-0.2, 0) is 0 Å². The summed E-state index contributed by atoms with van der Waals surface area (Å²) >= 11 is 0.778. The molecule has 0 saturated carbocycles. The van der Waals surface area contributed by atoms with Gasteiger partial charge in [-0.1, -0.05) is 0 Å². The topological polar surface area (TPSA) is 0 Å². The second-order valence-corrected chi connectivity index (χ2v) is 0. The fourth-order valence-corrected chi connectivity index (χ4v) is 0. The van der Waals surface area contributed by atoms with Crippen LogP contribution in [0.25, 0.3) is 0 Å². The van der Waals surface area contributed by atoms with Crippen LogP contribution in [0.5, 0.6) is 0 Å². The Hall–Kier alpha value is 1.95. The van der Waals surface area contributed by atoms with Gasteiger partial charge in [-0.3, -0.25) is 10.0 Å². The molecule has 0 N–H and O–H groups in total. The van der Waals surface area contributed by atoms with Crippen LogP contribution in [-0.4, -0.2) is 51.6 Å². The van der Waals surface area contributed by atoms with Gasteiger partial charge in [-0.2, -0.15) is 0 Å². The van der Waals surface area contributed by atoms with Gasteiger partial charge in [-0.05, 0) is 0 Å². The molecule has 20 valence electrons. The van der Waals surface area contributed by atoms with E-state index in [1.807, 2.05) is 0 Å². The van der Waals surface area contributed by atoms with Gasteiger partial charge in [0, 0.05) is 0 Å². The molecular weight excluding hydrogens is 96.4 g/mol. The second-order valence-electron chi connectivity index (χ2n) is 0. The maximum absolute atomic E-state index is 4.78. The predicted molar refractivity (Wildman–Crippen MR) is 31.5 cm³/mol. The third kappa shape index (κ3) is 9.04. The molecule has 0 aliphatic heterocycles. The van der Waals surface area contributed by atoms with Gasteiger partial charge in [-0.25, -0.2) is 0 Å². The zero-order chi connectivity index (χ0) is 2.00. The van der Waals surface area contributed by atoms with Crippen molar-refractivity contribution >= 4 is 61.6 Å². The third-order valence-electron chi connectivity index (χ3n) is 0. The van der Waals surface area contributed by atoms with Crippen LogP contribution in [0.4, 0.5) is 0 Å². The summed E-state index contributed by atoms with van der Waals surface area (Å²) in [5, 5.41) is 0. The minimum atomic E-state index is 0. The van der Waals surface area contributed by atoms with Crippen molar-refractivity contribution in [3.63, 3.8) is 0 Å². The molecule has 4 heteroatoms. The van der Waals surface area contributed by atoms with Gasteiger partial charge < -0.3 is 0 Å². The summed E-state index contributed by atoms with van der Waals surface area (Å²) in [6, 6.07) is 0. The number of halogens is 1. The van der Waals surface area contributed by atoms with Crippen LogP contribution < -0.4 is 0 Å². The molecule has 0 aromatic rings. The van der Waals surface area contributed by atoms with E-state index in [1.54, 1.807) is 0 Å². The summed E-state index contributed by atoms with van der Waals surface area (Å²) < 4.78 is 0. The van der Waals surface area contributed by atoms with Gasteiger partial charge in [0.05, 0.1) is 0 Å². The molecule has 4 heavy (non-hydrogen) atoms. The molecule has 0 aliphatic rings. The predicted octanol–water partition coefficient (Wildman–Crippen LogP) is -2.06. The summed E-state index contributed by atoms with van der Waals surface area (Å²) in [6.45, 7) is 0. The summed E-state index contributed by atoms with van der Waals surface area (Å²) in [5.41, 5.74) is 0. The standard InChI is InChI=1S/2Al.ClH.Li.6H/h;;1H;;;;;;;/q;+1;;;;;;;;/p-1. The number of rotatable bonds is 0. The van der Waals surface area contributed by atoms with Crippen molar-refractivity contribution in [3.8, 4) is 0 Å². The second kappa shape index (κ2) is 20.3. The normalized spacial score (nSPS) is 1.25. The molecule has 0 heterocycles. The third-order valence-corrected chi connectivity index (χ3v) is 0. The Bertz CT molecular complexity index is 6.00. The van der Waals surface area contributed by atoms with Gasteiger partial charge >= 0.3 is 34.2 Å². The minimum absolute atomic E-state index is 0. The number of hydrogen-bond donors (Lipinski definition) is 0. The van der Waals surface area contributed by atoms with Crippen LogP contribution in [0.1, 0.15) is 0 Å². The maximum atomic E-state index is 4.78. The van der Waals surface area contributed by atoms with E-state index in [4.69, 9.17) is 10.0 Å². The van der Waals surface area contributed by atoms with Crippen molar-refractivity contribution in [3.05, 3.63) is 0 Å². The first-order valence-corrected chi connectivity index (χ1v) is 3.40. The molecule has 0 aromatic carbocycles. The van der Waals surface area contributed by atoms with Crippen LogP contribution >= 0.6 is 10.0 Å². The van der Waals surface area contributed by atoms with Crippen LogP contribution in [0.3, 0.4) is 0 Å². The van der Waals surface area contributed by atoms with Crippen molar-refractivity contribution in [2.45, 2.75) is 0 Å². The van der Waals surface area contributed by atoms with Gasteiger partial charge in [-0.15, -0.1) is 0 Å². The fourth-order valence-electron chi connectivity index (χ4n) is 0. The van der Waals surface area contributed by atoms with Crippen molar-refractivity contribution in [1.82, 2.24) is 0 Å². The Morgan fingerprint density at radius 3 is 1.25 bits per heavy atom. The van der Waals surface area contributed by atoms with E-state index in [9.17, 15) is 0 Å². The SMILES string of the molecule is [AlH2][Cl].[AlH3].[LiH]. The average Bonchev–Trinajstić information content (AvgIpc) is 1.00. The molecule has 0 aromatic heterocycles. The first kappa shape index (κ1) is 16.7. The summed E-state index contributed by atoms with van der Waals surface area (Å²) in [5.74, 6) is 0.